The number of benzene rings is 1. The molecule has 0 saturated heterocycles. The third-order valence-electron chi connectivity index (χ3n) is 3.20. The molecule has 1 aromatic carbocycles. The highest BCUT2D eigenvalue weighted by molar-refractivity contribution is 5.26. The van der Waals surface area contributed by atoms with Crippen LogP contribution in [0.4, 0.5) is 0 Å². The summed E-state index contributed by atoms with van der Waals surface area (Å²) < 4.78 is 16.3. The lowest BCUT2D eigenvalue weighted by Crippen LogP contribution is -2.53. The van der Waals surface area contributed by atoms with E-state index in [0.717, 1.165) is 11.3 Å². The van der Waals surface area contributed by atoms with E-state index in [0.29, 0.717) is 19.6 Å². The van der Waals surface area contributed by atoms with Crippen LogP contribution in [0, 0.1) is 0 Å². The number of aliphatic hydroxyl groups is 1. The summed E-state index contributed by atoms with van der Waals surface area (Å²) >= 11 is 0. The summed E-state index contributed by atoms with van der Waals surface area (Å²) in [5, 5.41) is 9.55. The van der Waals surface area contributed by atoms with E-state index in [4.69, 9.17) is 14.2 Å². The predicted molar refractivity (Wildman–Crippen MR) is 67.6 cm³/mol. The van der Waals surface area contributed by atoms with Crippen molar-refractivity contribution in [3.8, 4) is 5.75 Å². The molecule has 1 aliphatic carbocycles. The molecule has 1 aromatic rings. The van der Waals surface area contributed by atoms with Crippen molar-refractivity contribution in [1.82, 2.24) is 0 Å². The molecular weight excluding hydrogens is 232 g/mol. The Bertz CT molecular complexity index is 363. The first kappa shape index (κ1) is 13.3. The summed E-state index contributed by atoms with van der Waals surface area (Å²) in [6, 6.07) is 7.77. The van der Waals surface area contributed by atoms with Gasteiger partial charge in [-0.05, 0) is 24.6 Å². The zero-order valence-electron chi connectivity index (χ0n) is 10.8. The average Bonchev–Trinajstić information content (AvgIpc) is 2.41. The molecule has 0 amide bonds. The lowest BCUT2D eigenvalue weighted by molar-refractivity contribution is -0.194. The van der Waals surface area contributed by atoms with Crippen LogP contribution in [0.25, 0.3) is 0 Å². The zero-order chi connectivity index (χ0) is 13.0. The molecule has 3 unspecified atom stereocenters. The van der Waals surface area contributed by atoms with Crippen LogP contribution in [0.2, 0.25) is 0 Å². The minimum atomic E-state index is -0.384. The van der Waals surface area contributed by atoms with Crippen molar-refractivity contribution < 1.29 is 19.3 Å². The van der Waals surface area contributed by atoms with E-state index in [-0.39, 0.29) is 18.3 Å². The number of aliphatic hydroxyl groups excluding tert-OH is 1. The Balaban J connectivity index is 1.80. The van der Waals surface area contributed by atoms with Gasteiger partial charge in [-0.15, -0.1) is 0 Å². The Morgan fingerprint density at radius 3 is 2.50 bits per heavy atom. The molecule has 0 radical (unpaired) electrons. The molecule has 3 atom stereocenters. The highest BCUT2D eigenvalue weighted by Gasteiger charge is 2.41. The molecule has 1 N–H and O–H groups in total. The topological polar surface area (TPSA) is 47.9 Å². The first-order valence-electron chi connectivity index (χ1n) is 6.28. The van der Waals surface area contributed by atoms with Gasteiger partial charge in [0.25, 0.3) is 0 Å². The maximum atomic E-state index is 9.55. The van der Waals surface area contributed by atoms with E-state index < -0.39 is 0 Å². The number of hydrogen-bond acceptors (Lipinski definition) is 4. The highest BCUT2D eigenvalue weighted by Crippen LogP contribution is 2.28. The normalized spacial score (nSPS) is 26.7. The maximum absolute atomic E-state index is 9.55. The van der Waals surface area contributed by atoms with Gasteiger partial charge in [-0.25, -0.2) is 0 Å². The quantitative estimate of drug-likeness (QED) is 0.838. The molecule has 0 bridgehead atoms. The number of rotatable bonds is 6. The molecule has 18 heavy (non-hydrogen) atoms. The Labute approximate surface area is 107 Å². The molecular formula is C14H20O4. The Morgan fingerprint density at radius 2 is 1.94 bits per heavy atom. The summed E-state index contributed by atoms with van der Waals surface area (Å²) in [7, 11) is 1.65. The van der Waals surface area contributed by atoms with Crippen molar-refractivity contribution in [2.75, 3.05) is 13.7 Å². The van der Waals surface area contributed by atoms with Gasteiger partial charge in [-0.1, -0.05) is 12.1 Å². The molecule has 4 nitrogen and oxygen atoms in total. The molecule has 0 aromatic heterocycles. The van der Waals surface area contributed by atoms with Gasteiger partial charge in [-0.3, -0.25) is 0 Å². The van der Waals surface area contributed by atoms with Gasteiger partial charge in [0.1, 0.15) is 11.9 Å². The zero-order valence-corrected chi connectivity index (χ0v) is 10.8. The molecule has 0 heterocycles. The van der Waals surface area contributed by atoms with Crippen molar-refractivity contribution in [2.45, 2.75) is 38.3 Å². The summed E-state index contributed by atoms with van der Waals surface area (Å²) in [5.74, 6) is 0.838. The Hall–Kier alpha value is -1.10. The van der Waals surface area contributed by atoms with Gasteiger partial charge in [0.15, 0.2) is 0 Å². The average molecular weight is 252 g/mol. The van der Waals surface area contributed by atoms with Crippen LogP contribution in [0.3, 0.4) is 0 Å². The summed E-state index contributed by atoms with van der Waals surface area (Å²) in [5.41, 5.74) is 1.09. The van der Waals surface area contributed by atoms with Crippen LogP contribution in [-0.2, 0) is 16.1 Å². The lowest BCUT2D eigenvalue weighted by Gasteiger charge is -2.40. The van der Waals surface area contributed by atoms with E-state index in [1.165, 1.54) is 0 Å². The van der Waals surface area contributed by atoms with Crippen LogP contribution in [0.15, 0.2) is 24.3 Å². The second-order valence-electron chi connectivity index (χ2n) is 4.42. The van der Waals surface area contributed by atoms with Crippen LogP contribution in [0.5, 0.6) is 5.75 Å². The predicted octanol–water partition coefficient (Wildman–Crippen LogP) is 1.75. The highest BCUT2D eigenvalue weighted by atomic mass is 16.6. The molecule has 4 heteroatoms. The summed E-state index contributed by atoms with van der Waals surface area (Å²) in [4.78, 5) is 0. The molecule has 0 spiro atoms. The lowest BCUT2D eigenvalue weighted by atomic mass is 9.88. The van der Waals surface area contributed by atoms with E-state index in [1.807, 2.05) is 31.2 Å². The molecule has 0 aliphatic heterocycles. The van der Waals surface area contributed by atoms with Gasteiger partial charge >= 0.3 is 0 Å². The largest absolute Gasteiger partial charge is 0.497 e. The maximum Gasteiger partial charge on any atom is 0.118 e. The van der Waals surface area contributed by atoms with Crippen LogP contribution < -0.4 is 4.74 Å². The fourth-order valence-corrected chi connectivity index (χ4v) is 2.06. The summed E-state index contributed by atoms with van der Waals surface area (Å²) in [6.07, 6.45) is 0.0991. The monoisotopic (exact) mass is 252 g/mol. The first-order chi connectivity index (χ1) is 8.74. The van der Waals surface area contributed by atoms with Crippen molar-refractivity contribution in [1.29, 1.82) is 0 Å². The molecule has 100 valence electrons. The van der Waals surface area contributed by atoms with Crippen molar-refractivity contribution in [3.05, 3.63) is 29.8 Å². The SMILES string of the molecule is CCOC1C(O)CC1OCc1ccc(OC)cc1. The van der Waals surface area contributed by atoms with Gasteiger partial charge in [0, 0.05) is 13.0 Å². The van der Waals surface area contributed by atoms with Crippen LogP contribution in [-0.4, -0.2) is 37.1 Å². The van der Waals surface area contributed by atoms with Gasteiger partial charge in [-0.2, -0.15) is 0 Å². The fourth-order valence-electron chi connectivity index (χ4n) is 2.06. The van der Waals surface area contributed by atoms with Crippen molar-refractivity contribution in [3.63, 3.8) is 0 Å². The minimum absolute atomic E-state index is 0.00190. The second-order valence-corrected chi connectivity index (χ2v) is 4.42. The minimum Gasteiger partial charge on any atom is -0.497 e. The standard InChI is InChI=1S/C14H20O4/c1-3-17-14-12(15)8-13(14)18-9-10-4-6-11(16-2)7-5-10/h4-7,12-15H,3,8-9H2,1-2H3. The van der Waals surface area contributed by atoms with Gasteiger partial charge in [0.05, 0.1) is 25.9 Å². The molecule has 1 aliphatic rings. The number of ether oxygens (including phenoxy) is 3. The van der Waals surface area contributed by atoms with Crippen LogP contribution >= 0.6 is 0 Å². The smallest absolute Gasteiger partial charge is 0.118 e. The molecule has 2 rings (SSSR count). The molecule has 1 fully saturated rings. The third-order valence-corrected chi connectivity index (χ3v) is 3.20. The van der Waals surface area contributed by atoms with Crippen molar-refractivity contribution >= 4 is 0 Å². The van der Waals surface area contributed by atoms with Gasteiger partial charge in [0.2, 0.25) is 0 Å². The molecule has 1 saturated carbocycles. The van der Waals surface area contributed by atoms with E-state index in [1.54, 1.807) is 7.11 Å². The Kier molecular flexibility index (Phi) is 4.58. The fraction of sp³-hybridized carbons (Fsp3) is 0.571. The number of hydrogen-bond donors (Lipinski definition) is 1. The van der Waals surface area contributed by atoms with Gasteiger partial charge < -0.3 is 19.3 Å². The number of methoxy groups -OCH3 is 1. The van der Waals surface area contributed by atoms with Crippen molar-refractivity contribution in [2.24, 2.45) is 0 Å². The third kappa shape index (κ3) is 3.02. The van der Waals surface area contributed by atoms with E-state index >= 15 is 0 Å². The second kappa shape index (κ2) is 6.18. The summed E-state index contributed by atoms with van der Waals surface area (Å²) in [6.45, 7) is 3.06. The van der Waals surface area contributed by atoms with E-state index in [9.17, 15) is 5.11 Å². The Morgan fingerprint density at radius 1 is 1.22 bits per heavy atom. The first-order valence-corrected chi connectivity index (χ1v) is 6.28. The van der Waals surface area contributed by atoms with E-state index in [2.05, 4.69) is 0 Å². The van der Waals surface area contributed by atoms with Crippen LogP contribution in [0.1, 0.15) is 18.9 Å².